The number of carbonyl (C=O) groups is 2. The van der Waals surface area contributed by atoms with Crippen LogP contribution < -0.4 is 15.4 Å². The van der Waals surface area contributed by atoms with Crippen LogP contribution in [0.15, 0.2) is 66.7 Å². The topological polar surface area (TPSA) is 67.4 Å². The number of ether oxygens (including phenoxy) is 1. The van der Waals surface area contributed by atoms with Crippen molar-refractivity contribution in [1.82, 2.24) is 0 Å². The predicted molar refractivity (Wildman–Crippen MR) is 116 cm³/mol. The van der Waals surface area contributed by atoms with E-state index in [9.17, 15) is 9.59 Å². The maximum Gasteiger partial charge on any atom is 0.255 e. The molecule has 0 spiro atoms. The summed E-state index contributed by atoms with van der Waals surface area (Å²) < 4.78 is 5.08. The molecule has 2 N–H and O–H groups in total. The van der Waals surface area contributed by atoms with Gasteiger partial charge in [0, 0.05) is 16.9 Å². The van der Waals surface area contributed by atoms with Crippen LogP contribution in [0, 0.1) is 0 Å². The van der Waals surface area contributed by atoms with E-state index >= 15 is 0 Å². The third-order valence-electron chi connectivity index (χ3n) is 4.10. The first kappa shape index (κ1) is 20.7. The molecule has 3 rings (SSSR count). The Kier molecular flexibility index (Phi) is 6.75. The zero-order valence-electron chi connectivity index (χ0n) is 15.5. The van der Waals surface area contributed by atoms with Gasteiger partial charge in [-0.1, -0.05) is 53.5 Å². The van der Waals surface area contributed by atoms with Gasteiger partial charge in [-0.25, -0.2) is 0 Å². The van der Waals surface area contributed by atoms with Crippen LogP contribution in [0.3, 0.4) is 0 Å². The molecule has 0 aliphatic heterocycles. The molecule has 0 saturated carbocycles. The van der Waals surface area contributed by atoms with Gasteiger partial charge in [-0.3, -0.25) is 9.59 Å². The molecular weight excluding hydrogens is 411 g/mol. The molecule has 0 saturated heterocycles. The number of nitrogens with one attached hydrogen (secondary N) is 2. The third-order valence-corrected chi connectivity index (χ3v) is 4.66. The first-order chi connectivity index (χ1) is 14.0. The fraction of sp³-hybridized carbons (Fsp3) is 0.0909. The molecule has 0 heterocycles. The first-order valence-electron chi connectivity index (χ1n) is 8.74. The van der Waals surface area contributed by atoms with Gasteiger partial charge in [0.05, 0.1) is 23.6 Å². The van der Waals surface area contributed by atoms with E-state index in [-0.39, 0.29) is 28.3 Å². The van der Waals surface area contributed by atoms with Crippen LogP contribution in [0.25, 0.3) is 0 Å². The van der Waals surface area contributed by atoms with Gasteiger partial charge >= 0.3 is 0 Å². The Morgan fingerprint density at radius 2 is 1.41 bits per heavy atom. The van der Waals surface area contributed by atoms with Crippen LogP contribution in [0.4, 0.5) is 11.4 Å². The lowest BCUT2D eigenvalue weighted by molar-refractivity contribution is -0.115. The Hall–Kier alpha value is -3.02. The standard InChI is InChI=1S/C22H18Cl2N2O3/c1-29-21-18(23)12-15(13-19(21)24)22(28)26-17-9-7-16(8-10-17)25-20(27)11-14-5-3-2-4-6-14/h2-10,12-13H,11H2,1H3,(H,25,27)(H,26,28). The molecule has 0 aliphatic carbocycles. The second kappa shape index (κ2) is 9.45. The smallest absolute Gasteiger partial charge is 0.255 e. The monoisotopic (exact) mass is 428 g/mol. The lowest BCUT2D eigenvalue weighted by Gasteiger charge is -2.10. The van der Waals surface area contributed by atoms with E-state index in [1.165, 1.54) is 19.2 Å². The summed E-state index contributed by atoms with van der Waals surface area (Å²) >= 11 is 12.2. The van der Waals surface area contributed by atoms with Gasteiger partial charge in [0.25, 0.3) is 5.91 Å². The van der Waals surface area contributed by atoms with Crippen LogP contribution in [0.5, 0.6) is 5.75 Å². The second-order valence-corrected chi connectivity index (χ2v) is 7.03. The van der Waals surface area contributed by atoms with Gasteiger partial charge in [0.1, 0.15) is 0 Å². The molecule has 2 amide bonds. The van der Waals surface area contributed by atoms with E-state index in [1.54, 1.807) is 24.3 Å². The zero-order valence-corrected chi connectivity index (χ0v) is 17.1. The van der Waals surface area contributed by atoms with Gasteiger partial charge in [-0.15, -0.1) is 0 Å². The Balaban J connectivity index is 1.61. The number of methoxy groups -OCH3 is 1. The predicted octanol–water partition coefficient (Wildman–Crippen LogP) is 5.44. The van der Waals surface area contributed by atoms with Gasteiger partial charge in [0.15, 0.2) is 5.75 Å². The van der Waals surface area contributed by atoms with Gasteiger partial charge < -0.3 is 15.4 Å². The average Bonchev–Trinajstić information content (AvgIpc) is 2.70. The SMILES string of the molecule is COc1c(Cl)cc(C(=O)Nc2ccc(NC(=O)Cc3ccccc3)cc2)cc1Cl. The number of hydrogen-bond acceptors (Lipinski definition) is 3. The molecule has 7 heteroatoms. The van der Waals surface area contributed by atoms with Crippen LogP contribution >= 0.6 is 23.2 Å². The fourth-order valence-electron chi connectivity index (χ4n) is 2.71. The molecule has 0 unspecified atom stereocenters. The molecule has 148 valence electrons. The summed E-state index contributed by atoms with van der Waals surface area (Å²) in [5, 5.41) is 6.09. The number of anilines is 2. The minimum Gasteiger partial charge on any atom is -0.494 e. The molecule has 0 atom stereocenters. The first-order valence-corrected chi connectivity index (χ1v) is 9.50. The highest BCUT2D eigenvalue weighted by atomic mass is 35.5. The van der Waals surface area contributed by atoms with Crippen molar-refractivity contribution in [3.63, 3.8) is 0 Å². The maximum atomic E-state index is 12.4. The van der Waals surface area contributed by atoms with Crippen molar-refractivity contribution in [2.45, 2.75) is 6.42 Å². The highest BCUT2D eigenvalue weighted by Crippen LogP contribution is 2.34. The molecule has 5 nitrogen and oxygen atoms in total. The maximum absolute atomic E-state index is 12.4. The van der Waals surface area contributed by atoms with E-state index < -0.39 is 0 Å². The summed E-state index contributed by atoms with van der Waals surface area (Å²) in [6, 6.07) is 19.3. The molecule has 3 aromatic carbocycles. The van der Waals surface area contributed by atoms with Crippen LogP contribution in [-0.2, 0) is 11.2 Å². The zero-order chi connectivity index (χ0) is 20.8. The third kappa shape index (κ3) is 5.50. The number of benzene rings is 3. The van der Waals surface area contributed by atoms with Crippen molar-refractivity contribution in [2.75, 3.05) is 17.7 Å². The Morgan fingerprint density at radius 3 is 1.97 bits per heavy atom. The molecule has 0 radical (unpaired) electrons. The molecular formula is C22H18Cl2N2O3. The van der Waals surface area contributed by atoms with Crippen molar-refractivity contribution in [3.05, 3.63) is 87.9 Å². The minimum atomic E-state index is -0.364. The fourth-order valence-corrected chi connectivity index (χ4v) is 3.35. The Morgan fingerprint density at radius 1 is 0.862 bits per heavy atom. The summed E-state index contributed by atoms with van der Waals surface area (Å²) in [6.07, 6.45) is 0.290. The highest BCUT2D eigenvalue weighted by Gasteiger charge is 2.14. The summed E-state index contributed by atoms with van der Waals surface area (Å²) in [4.78, 5) is 24.6. The highest BCUT2D eigenvalue weighted by molar-refractivity contribution is 6.37. The van der Waals surface area contributed by atoms with Gasteiger partial charge in [-0.05, 0) is 42.0 Å². The summed E-state index contributed by atoms with van der Waals surface area (Å²) in [7, 11) is 1.45. The van der Waals surface area contributed by atoms with Crippen molar-refractivity contribution in [3.8, 4) is 5.75 Å². The number of hydrogen-bond donors (Lipinski definition) is 2. The average molecular weight is 429 g/mol. The number of amides is 2. The van der Waals surface area contributed by atoms with Gasteiger partial charge in [0.2, 0.25) is 5.91 Å². The van der Waals surface area contributed by atoms with Crippen LogP contribution in [0.1, 0.15) is 15.9 Å². The second-order valence-electron chi connectivity index (χ2n) is 6.22. The largest absolute Gasteiger partial charge is 0.494 e. The van der Waals surface area contributed by atoms with Crippen molar-refractivity contribution < 1.29 is 14.3 Å². The summed E-state index contributed by atoms with van der Waals surface area (Å²) in [6.45, 7) is 0. The van der Waals surface area contributed by atoms with E-state index in [0.29, 0.717) is 22.7 Å². The van der Waals surface area contributed by atoms with Crippen LogP contribution in [-0.4, -0.2) is 18.9 Å². The van der Waals surface area contributed by atoms with E-state index in [0.717, 1.165) is 5.56 Å². The summed E-state index contributed by atoms with van der Waals surface area (Å²) in [5.41, 5.74) is 2.45. The Labute approximate surface area is 178 Å². The molecule has 0 bridgehead atoms. The van der Waals surface area contributed by atoms with Crippen molar-refractivity contribution in [2.24, 2.45) is 0 Å². The van der Waals surface area contributed by atoms with E-state index in [4.69, 9.17) is 27.9 Å². The van der Waals surface area contributed by atoms with E-state index in [2.05, 4.69) is 10.6 Å². The lowest BCUT2D eigenvalue weighted by atomic mass is 10.1. The minimum absolute atomic E-state index is 0.115. The number of halogens is 2. The number of rotatable bonds is 6. The Bertz CT molecular complexity index is 999. The summed E-state index contributed by atoms with van der Waals surface area (Å²) in [5.74, 6) is -0.159. The van der Waals surface area contributed by atoms with Crippen LogP contribution in [0.2, 0.25) is 10.0 Å². The van der Waals surface area contributed by atoms with Crippen molar-refractivity contribution in [1.29, 1.82) is 0 Å². The molecule has 0 fully saturated rings. The van der Waals surface area contributed by atoms with Crippen molar-refractivity contribution >= 4 is 46.4 Å². The quantitative estimate of drug-likeness (QED) is 0.549. The van der Waals surface area contributed by atoms with Gasteiger partial charge in [-0.2, -0.15) is 0 Å². The molecule has 29 heavy (non-hydrogen) atoms. The normalized spacial score (nSPS) is 10.3. The lowest BCUT2D eigenvalue weighted by Crippen LogP contribution is -2.15. The number of carbonyl (C=O) groups excluding carboxylic acids is 2. The molecule has 3 aromatic rings. The molecule has 0 aromatic heterocycles. The molecule has 0 aliphatic rings. The van der Waals surface area contributed by atoms with E-state index in [1.807, 2.05) is 30.3 Å².